The molecule has 1 saturated heterocycles. The zero-order chi connectivity index (χ0) is 19.6. The third kappa shape index (κ3) is 3.62. The number of benzene rings is 2. The van der Waals surface area contributed by atoms with Gasteiger partial charge in [0.2, 0.25) is 0 Å². The zero-order valence-corrected chi connectivity index (χ0v) is 17.4. The Bertz CT molecular complexity index is 995. The lowest BCUT2D eigenvalue weighted by Gasteiger charge is -2.43. The van der Waals surface area contributed by atoms with Crippen LogP contribution in [0.1, 0.15) is 49.0 Å². The van der Waals surface area contributed by atoms with Crippen molar-refractivity contribution in [3.8, 4) is 21.7 Å². The second-order valence-corrected chi connectivity index (χ2v) is 9.06. The number of rotatable bonds is 3. The summed E-state index contributed by atoms with van der Waals surface area (Å²) in [6.45, 7) is 0.882. The van der Waals surface area contributed by atoms with E-state index in [1.807, 2.05) is 17.5 Å². The summed E-state index contributed by atoms with van der Waals surface area (Å²) in [5.74, 6) is 0.819. The Kier molecular flexibility index (Phi) is 5.19. The van der Waals surface area contributed by atoms with Crippen LogP contribution in [0.3, 0.4) is 0 Å². The van der Waals surface area contributed by atoms with Crippen LogP contribution >= 0.6 is 11.3 Å². The summed E-state index contributed by atoms with van der Waals surface area (Å²) in [6.07, 6.45) is 7.41. The van der Waals surface area contributed by atoms with Crippen molar-refractivity contribution in [3.05, 3.63) is 65.7 Å². The van der Waals surface area contributed by atoms with Crippen molar-refractivity contribution in [1.29, 1.82) is 0 Å². The van der Waals surface area contributed by atoms with Crippen molar-refractivity contribution in [3.63, 3.8) is 0 Å². The highest BCUT2D eigenvalue weighted by Gasteiger charge is 2.36. The maximum absolute atomic E-state index is 13.3. The van der Waals surface area contributed by atoms with Gasteiger partial charge in [0, 0.05) is 23.5 Å². The number of thiazole rings is 1. The molecule has 3 aromatic rings. The third-order valence-electron chi connectivity index (χ3n) is 6.47. The summed E-state index contributed by atoms with van der Waals surface area (Å²) in [5.41, 5.74) is 4.04. The fourth-order valence-electron chi connectivity index (χ4n) is 5.06. The Morgan fingerprint density at radius 1 is 0.897 bits per heavy atom. The van der Waals surface area contributed by atoms with Crippen LogP contribution in [0, 0.1) is 5.92 Å². The van der Waals surface area contributed by atoms with Crippen LogP contribution < -0.4 is 0 Å². The lowest BCUT2D eigenvalue weighted by Crippen LogP contribution is -2.49. The van der Waals surface area contributed by atoms with E-state index in [1.54, 1.807) is 11.3 Å². The quantitative estimate of drug-likeness (QED) is 0.517. The van der Waals surface area contributed by atoms with Crippen molar-refractivity contribution in [1.82, 2.24) is 9.88 Å². The minimum atomic E-state index is 0.126. The average molecular weight is 403 g/mol. The fraction of sp³-hybridized carbons (Fsp3) is 0.360. The first-order valence-corrected chi connectivity index (χ1v) is 11.6. The standard InChI is InChI=1S/C25H26N2OS/c28-25(27-16-8-12-19-11-4-7-15-23(19)27)22-17-29-24(26-22)21-14-6-5-13-20(21)18-9-2-1-3-10-18/h1-3,5-6,9-10,13-14,17,19,23H,4,7-8,11-12,15-16H2. The minimum Gasteiger partial charge on any atom is -0.334 e. The van der Waals surface area contributed by atoms with E-state index in [0.29, 0.717) is 17.7 Å². The first-order chi connectivity index (χ1) is 14.3. The average Bonchev–Trinajstić information content (AvgIpc) is 3.29. The van der Waals surface area contributed by atoms with Gasteiger partial charge in [0.25, 0.3) is 5.91 Å². The molecule has 3 nitrogen and oxygen atoms in total. The highest BCUT2D eigenvalue weighted by molar-refractivity contribution is 7.13. The minimum absolute atomic E-state index is 0.126. The number of hydrogen-bond donors (Lipinski definition) is 0. The van der Waals surface area contributed by atoms with Crippen LogP contribution in [-0.4, -0.2) is 28.4 Å². The predicted molar refractivity (Wildman–Crippen MR) is 119 cm³/mol. The molecule has 1 aliphatic carbocycles. The van der Waals surface area contributed by atoms with Gasteiger partial charge in [0.1, 0.15) is 10.7 Å². The van der Waals surface area contributed by atoms with Crippen molar-refractivity contribution >= 4 is 17.2 Å². The number of likely N-dealkylation sites (tertiary alicyclic amines) is 1. The molecule has 148 valence electrons. The Morgan fingerprint density at radius 3 is 2.48 bits per heavy atom. The van der Waals surface area contributed by atoms with Crippen LogP contribution in [0.2, 0.25) is 0 Å². The molecular formula is C25H26N2OS. The van der Waals surface area contributed by atoms with Crippen LogP contribution in [0.4, 0.5) is 0 Å². The van der Waals surface area contributed by atoms with Gasteiger partial charge in [-0.05, 0) is 42.7 Å². The lowest BCUT2D eigenvalue weighted by molar-refractivity contribution is 0.0386. The maximum atomic E-state index is 13.3. The highest BCUT2D eigenvalue weighted by atomic mass is 32.1. The number of carbonyl (C=O) groups excluding carboxylic acids is 1. The molecule has 5 rings (SSSR count). The molecule has 2 aliphatic rings. The molecule has 0 spiro atoms. The van der Waals surface area contributed by atoms with Gasteiger partial charge in [0.05, 0.1) is 0 Å². The maximum Gasteiger partial charge on any atom is 0.273 e. The summed E-state index contributed by atoms with van der Waals surface area (Å²) in [7, 11) is 0. The highest BCUT2D eigenvalue weighted by Crippen LogP contribution is 2.37. The Balaban J connectivity index is 1.44. The van der Waals surface area contributed by atoms with E-state index in [1.165, 1.54) is 31.2 Å². The number of nitrogens with zero attached hydrogens (tertiary/aromatic N) is 2. The monoisotopic (exact) mass is 402 g/mol. The molecule has 2 heterocycles. The second kappa shape index (κ2) is 8.11. The Morgan fingerprint density at radius 2 is 1.62 bits per heavy atom. The van der Waals surface area contributed by atoms with Crippen molar-refractivity contribution in [2.45, 2.75) is 44.6 Å². The second-order valence-electron chi connectivity index (χ2n) is 8.20. The third-order valence-corrected chi connectivity index (χ3v) is 7.35. The van der Waals surface area contributed by atoms with Gasteiger partial charge < -0.3 is 4.90 Å². The van der Waals surface area contributed by atoms with Crippen LogP contribution in [-0.2, 0) is 0 Å². The molecule has 0 N–H and O–H groups in total. The SMILES string of the molecule is O=C(c1csc(-c2ccccc2-c2ccccc2)n1)N1CCCC2CCCCC21. The summed E-state index contributed by atoms with van der Waals surface area (Å²) < 4.78 is 0. The Labute approximate surface area is 176 Å². The van der Waals surface area contributed by atoms with Gasteiger partial charge in [-0.1, -0.05) is 67.4 Å². The van der Waals surface area contributed by atoms with Gasteiger partial charge in [-0.15, -0.1) is 11.3 Å². The van der Waals surface area contributed by atoms with E-state index in [0.717, 1.165) is 35.5 Å². The normalized spacial score (nSPS) is 21.6. The predicted octanol–water partition coefficient (Wildman–Crippen LogP) is 6.27. The molecule has 1 amide bonds. The molecule has 2 unspecified atom stereocenters. The van der Waals surface area contributed by atoms with Gasteiger partial charge in [-0.2, -0.15) is 0 Å². The largest absolute Gasteiger partial charge is 0.334 e. The van der Waals surface area contributed by atoms with Crippen molar-refractivity contribution in [2.24, 2.45) is 5.92 Å². The van der Waals surface area contributed by atoms with E-state index in [9.17, 15) is 4.79 Å². The van der Waals surface area contributed by atoms with Crippen LogP contribution in [0.25, 0.3) is 21.7 Å². The van der Waals surface area contributed by atoms with Gasteiger partial charge in [-0.25, -0.2) is 4.98 Å². The smallest absolute Gasteiger partial charge is 0.273 e. The van der Waals surface area contributed by atoms with E-state index < -0.39 is 0 Å². The zero-order valence-electron chi connectivity index (χ0n) is 16.6. The first-order valence-electron chi connectivity index (χ1n) is 10.7. The topological polar surface area (TPSA) is 33.2 Å². The van der Waals surface area contributed by atoms with E-state index in [-0.39, 0.29) is 5.91 Å². The molecule has 2 fully saturated rings. The molecule has 2 atom stereocenters. The molecule has 4 heteroatoms. The summed E-state index contributed by atoms with van der Waals surface area (Å²) in [5, 5.41) is 2.87. The number of piperidine rings is 1. The molecule has 1 aromatic heterocycles. The number of amides is 1. The molecule has 1 saturated carbocycles. The van der Waals surface area contributed by atoms with Crippen LogP contribution in [0.5, 0.6) is 0 Å². The Hall–Kier alpha value is -2.46. The number of aromatic nitrogens is 1. The van der Waals surface area contributed by atoms with E-state index in [2.05, 4.69) is 47.4 Å². The number of hydrogen-bond acceptors (Lipinski definition) is 3. The van der Waals surface area contributed by atoms with Crippen LogP contribution in [0.15, 0.2) is 60.0 Å². The number of carbonyl (C=O) groups is 1. The summed E-state index contributed by atoms with van der Waals surface area (Å²) in [6, 6.07) is 19.1. The molecule has 29 heavy (non-hydrogen) atoms. The number of fused-ring (bicyclic) bond motifs is 1. The van der Waals surface area contributed by atoms with E-state index >= 15 is 0 Å². The first kappa shape index (κ1) is 18.6. The van der Waals surface area contributed by atoms with Crippen molar-refractivity contribution < 1.29 is 4.79 Å². The fourth-order valence-corrected chi connectivity index (χ4v) is 5.89. The lowest BCUT2D eigenvalue weighted by atomic mass is 9.78. The summed E-state index contributed by atoms with van der Waals surface area (Å²) >= 11 is 1.57. The van der Waals surface area contributed by atoms with Gasteiger partial charge in [-0.3, -0.25) is 4.79 Å². The molecule has 1 aliphatic heterocycles. The molecule has 2 aromatic carbocycles. The van der Waals surface area contributed by atoms with Gasteiger partial charge >= 0.3 is 0 Å². The molecule has 0 bridgehead atoms. The summed E-state index contributed by atoms with van der Waals surface area (Å²) in [4.78, 5) is 20.3. The van der Waals surface area contributed by atoms with Crippen molar-refractivity contribution in [2.75, 3.05) is 6.54 Å². The van der Waals surface area contributed by atoms with E-state index in [4.69, 9.17) is 4.98 Å². The van der Waals surface area contributed by atoms with Gasteiger partial charge in [0.15, 0.2) is 0 Å². The molecular weight excluding hydrogens is 376 g/mol. The molecule has 0 radical (unpaired) electrons.